The second-order valence-electron chi connectivity index (χ2n) is 4.69. The molecule has 1 fully saturated rings. The van der Waals surface area contributed by atoms with Gasteiger partial charge in [0.2, 0.25) is 0 Å². The molecular formula is C12H19N3O2S. The molecule has 2 heterocycles. The number of carbonyl (C=O) groups is 1. The van der Waals surface area contributed by atoms with Gasteiger partial charge in [0.15, 0.2) is 5.13 Å². The molecule has 3 N–H and O–H groups in total. The summed E-state index contributed by atoms with van der Waals surface area (Å²) in [6, 6.07) is 0. The van der Waals surface area contributed by atoms with Gasteiger partial charge in [0.25, 0.3) is 5.91 Å². The fourth-order valence-corrected chi connectivity index (χ4v) is 3.06. The number of aliphatic hydroxyl groups excluding tert-OH is 1. The van der Waals surface area contributed by atoms with Gasteiger partial charge in [0.1, 0.15) is 4.88 Å². The molecule has 18 heavy (non-hydrogen) atoms. The first-order valence-corrected chi connectivity index (χ1v) is 7.14. The number of nitrogen functional groups attached to an aromatic ring is 1. The lowest BCUT2D eigenvalue weighted by Crippen LogP contribution is -2.39. The van der Waals surface area contributed by atoms with Crippen molar-refractivity contribution < 1.29 is 9.90 Å². The minimum absolute atomic E-state index is 0.0397. The summed E-state index contributed by atoms with van der Waals surface area (Å²) in [4.78, 5) is 18.6. The third kappa shape index (κ3) is 3.20. The number of nitrogens with zero attached hydrogens (tertiary/aromatic N) is 2. The highest BCUT2D eigenvalue weighted by Crippen LogP contribution is 2.24. The molecule has 1 aromatic rings. The number of aromatic nitrogens is 1. The smallest absolute Gasteiger partial charge is 0.265 e. The summed E-state index contributed by atoms with van der Waals surface area (Å²) in [6.45, 7) is 1.83. The number of hydrogen-bond donors (Lipinski definition) is 2. The third-order valence-corrected chi connectivity index (χ3v) is 4.13. The van der Waals surface area contributed by atoms with Crippen molar-refractivity contribution in [3.05, 3.63) is 11.1 Å². The van der Waals surface area contributed by atoms with Crippen LogP contribution in [-0.2, 0) is 0 Å². The first-order chi connectivity index (χ1) is 8.70. The van der Waals surface area contributed by atoms with Crippen molar-refractivity contribution in [3.8, 4) is 0 Å². The van der Waals surface area contributed by atoms with E-state index in [2.05, 4.69) is 4.98 Å². The van der Waals surface area contributed by atoms with Crippen molar-refractivity contribution in [2.24, 2.45) is 5.92 Å². The number of amides is 1. The van der Waals surface area contributed by atoms with Crippen molar-refractivity contribution >= 4 is 22.4 Å². The maximum absolute atomic E-state index is 12.2. The van der Waals surface area contributed by atoms with Crippen LogP contribution in [0.5, 0.6) is 0 Å². The summed E-state index contributed by atoms with van der Waals surface area (Å²) in [5.74, 6) is 0.554. The largest absolute Gasteiger partial charge is 0.396 e. The molecule has 2 rings (SSSR count). The molecule has 6 heteroatoms. The molecule has 1 aliphatic rings. The predicted molar refractivity (Wildman–Crippen MR) is 71.5 cm³/mol. The topological polar surface area (TPSA) is 79.5 Å². The molecule has 0 radical (unpaired) electrons. The molecule has 100 valence electrons. The van der Waals surface area contributed by atoms with E-state index < -0.39 is 0 Å². The first kappa shape index (κ1) is 13.3. The zero-order valence-electron chi connectivity index (χ0n) is 10.3. The Kier molecular flexibility index (Phi) is 4.54. The van der Waals surface area contributed by atoms with E-state index in [1.807, 2.05) is 4.90 Å². The van der Waals surface area contributed by atoms with E-state index in [9.17, 15) is 4.79 Å². The van der Waals surface area contributed by atoms with Gasteiger partial charge in [-0.25, -0.2) is 4.98 Å². The predicted octanol–water partition coefficient (Wildman–Crippen LogP) is 1.35. The van der Waals surface area contributed by atoms with Crippen LogP contribution in [0.4, 0.5) is 5.13 Å². The Morgan fingerprint density at radius 1 is 1.67 bits per heavy atom. The van der Waals surface area contributed by atoms with Gasteiger partial charge in [0.05, 0.1) is 6.20 Å². The Bertz CT molecular complexity index is 408. The molecule has 0 unspecified atom stereocenters. The lowest BCUT2D eigenvalue weighted by atomic mass is 9.93. The van der Waals surface area contributed by atoms with Gasteiger partial charge in [-0.05, 0) is 31.6 Å². The van der Waals surface area contributed by atoms with Crippen molar-refractivity contribution in [2.45, 2.75) is 25.7 Å². The van der Waals surface area contributed by atoms with Crippen molar-refractivity contribution in [3.63, 3.8) is 0 Å². The van der Waals surface area contributed by atoms with Gasteiger partial charge in [-0.3, -0.25) is 4.79 Å². The van der Waals surface area contributed by atoms with Crippen LogP contribution in [0.2, 0.25) is 0 Å². The normalized spacial score (nSPS) is 20.1. The van der Waals surface area contributed by atoms with Gasteiger partial charge in [-0.1, -0.05) is 11.3 Å². The number of likely N-dealkylation sites (tertiary alicyclic amines) is 1. The third-order valence-electron chi connectivity index (χ3n) is 3.31. The zero-order chi connectivity index (χ0) is 13.0. The van der Waals surface area contributed by atoms with Crippen LogP contribution in [0.3, 0.4) is 0 Å². The quantitative estimate of drug-likeness (QED) is 0.864. The lowest BCUT2D eigenvalue weighted by molar-refractivity contribution is 0.0668. The highest BCUT2D eigenvalue weighted by atomic mass is 32.1. The van der Waals surface area contributed by atoms with Crippen molar-refractivity contribution in [1.29, 1.82) is 0 Å². The first-order valence-electron chi connectivity index (χ1n) is 6.32. The Labute approximate surface area is 111 Å². The molecule has 1 aromatic heterocycles. The number of thiazole rings is 1. The summed E-state index contributed by atoms with van der Waals surface area (Å²) >= 11 is 1.24. The Hall–Kier alpha value is -1.14. The van der Waals surface area contributed by atoms with Gasteiger partial charge < -0.3 is 15.7 Å². The van der Waals surface area contributed by atoms with Gasteiger partial charge in [-0.15, -0.1) is 0 Å². The molecule has 0 aliphatic carbocycles. The van der Waals surface area contributed by atoms with E-state index in [4.69, 9.17) is 10.8 Å². The molecule has 0 spiro atoms. The number of carbonyl (C=O) groups excluding carboxylic acids is 1. The van der Waals surface area contributed by atoms with Crippen LogP contribution in [0.1, 0.15) is 35.4 Å². The minimum atomic E-state index is 0.0397. The standard InChI is InChI=1S/C12H19N3O2S/c13-12-14-7-10(18-12)11(17)15-5-1-3-9(8-15)4-2-6-16/h7,9,16H,1-6,8H2,(H2,13,14)/t9-/m0/s1. The summed E-state index contributed by atoms with van der Waals surface area (Å²) in [6.07, 6.45) is 5.55. The SMILES string of the molecule is Nc1ncc(C(=O)N2CCC[C@@H](CCCO)C2)s1. The Morgan fingerprint density at radius 2 is 2.50 bits per heavy atom. The fraction of sp³-hybridized carbons (Fsp3) is 0.667. The van der Waals surface area contributed by atoms with Crippen LogP contribution in [-0.4, -0.2) is 40.6 Å². The average molecular weight is 269 g/mol. The van der Waals surface area contributed by atoms with E-state index >= 15 is 0 Å². The molecular weight excluding hydrogens is 250 g/mol. The van der Waals surface area contributed by atoms with Crippen LogP contribution in [0.25, 0.3) is 0 Å². The highest BCUT2D eigenvalue weighted by Gasteiger charge is 2.25. The van der Waals surface area contributed by atoms with Crippen molar-refractivity contribution in [2.75, 3.05) is 25.4 Å². The Balaban J connectivity index is 1.94. The monoisotopic (exact) mass is 269 g/mol. The highest BCUT2D eigenvalue weighted by molar-refractivity contribution is 7.17. The minimum Gasteiger partial charge on any atom is -0.396 e. The van der Waals surface area contributed by atoms with Crippen LogP contribution in [0.15, 0.2) is 6.20 Å². The maximum atomic E-state index is 12.2. The molecule has 0 aromatic carbocycles. The molecule has 0 saturated carbocycles. The van der Waals surface area contributed by atoms with Crippen LogP contribution < -0.4 is 5.73 Å². The molecule has 0 bridgehead atoms. The second kappa shape index (κ2) is 6.15. The van der Waals surface area contributed by atoms with E-state index in [-0.39, 0.29) is 12.5 Å². The molecule has 1 aliphatic heterocycles. The number of hydrogen-bond acceptors (Lipinski definition) is 5. The summed E-state index contributed by atoms with van der Waals surface area (Å²) in [5, 5.41) is 9.29. The zero-order valence-corrected chi connectivity index (χ0v) is 11.2. The second-order valence-corrected chi connectivity index (χ2v) is 5.75. The Morgan fingerprint density at radius 3 is 3.17 bits per heavy atom. The summed E-state index contributed by atoms with van der Waals surface area (Å²) in [7, 11) is 0. The molecule has 1 amide bonds. The van der Waals surface area contributed by atoms with E-state index in [1.54, 1.807) is 6.20 Å². The summed E-state index contributed by atoms with van der Waals surface area (Å²) < 4.78 is 0. The molecule has 1 atom stereocenters. The van der Waals surface area contributed by atoms with E-state index in [0.717, 1.165) is 38.8 Å². The number of anilines is 1. The van der Waals surface area contributed by atoms with Gasteiger partial charge in [-0.2, -0.15) is 0 Å². The van der Waals surface area contributed by atoms with Crippen LogP contribution in [0, 0.1) is 5.92 Å². The number of nitrogens with two attached hydrogens (primary N) is 1. The molecule has 1 saturated heterocycles. The van der Waals surface area contributed by atoms with Gasteiger partial charge in [0, 0.05) is 19.7 Å². The number of aliphatic hydroxyl groups is 1. The van der Waals surface area contributed by atoms with E-state index in [1.165, 1.54) is 11.3 Å². The van der Waals surface area contributed by atoms with E-state index in [0.29, 0.717) is 15.9 Å². The van der Waals surface area contributed by atoms with Crippen LogP contribution >= 0.6 is 11.3 Å². The maximum Gasteiger partial charge on any atom is 0.265 e. The molecule has 5 nitrogen and oxygen atoms in total. The number of rotatable bonds is 4. The fourth-order valence-electron chi connectivity index (χ4n) is 2.41. The summed E-state index contributed by atoms with van der Waals surface area (Å²) in [5.41, 5.74) is 5.55. The van der Waals surface area contributed by atoms with Crippen molar-refractivity contribution in [1.82, 2.24) is 9.88 Å². The van der Waals surface area contributed by atoms with Gasteiger partial charge >= 0.3 is 0 Å². The number of piperidine rings is 1. The average Bonchev–Trinajstić information content (AvgIpc) is 2.82. The lowest BCUT2D eigenvalue weighted by Gasteiger charge is -2.32.